The minimum Gasteiger partial charge on any atom is -0.506 e. The normalized spacial score (nSPS) is 29.4. The third kappa shape index (κ3) is 3.14. The third-order valence-electron chi connectivity index (χ3n) is 6.44. The minimum atomic E-state index is -0.688. The van der Waals surface area contributed by atoms with Gasteiger partial charge in [0.2, 0.25) is 0 Å². The second-order valence-corrected chi connectivity index (χ2v) is 8.02. The lowest BCUT2D eigenvalue weighted by atomic mass is 9.73. The molecule has 1 aromatic rings. The number of rotatable bonds is 3. The van der Waals surface area contributed by atoms with Crippen molar-refractivity contribution < 1.29 is 14.7 Å². The van der Waals surface area contributed by atoms with Crippen LogP contribution in [0.5, 0.6) is 5.75 Å². The number of carbonyl (C=O) groups excluding carboxylic acids is 2. The summed E-state index contributed by atoms with van der Waals surface area (Å²) in [7, 11) is 0. The molecule has 2 aliphatic heterocycles. The number of piperazine rings is 1. The van der Waals surface area contributed by atoms with Crippen molar-refractivity contribution in [3.05, 3.63) is 24.3 Å². The molecule has 0 aromatic heterocycles. The molecule has 3 aliphatic rings. The van der Waals surface area contributed by atoms with Crippen LogP contribution in [0, 0.1) is 5.92 Å². The average Bonchev–Trinajstić information content (AvgIpc) is 2.90. The minimum absolute atomic E-state index is 0.0529. The van der Waals surface area contributed by atoms with Gasteiger partial charge < -0.3 is 15.3 Å². The number of nitrogens with one attached hydrogen (secondary N) is 1. The lowest BCUT2D eigenvalue weighted by Gasteiger charge is -2.38. The number of aromatic hydroxyl groups is 1. The van der Waals surface area contributed by atoms with E-state index in [1.54, 1.807) is 6.07 Å². The van der Waals surface area contributed by atoms with Crippen molar-refractivity contribution >= 4 is 17.6 Å². The zero-order chi connectivity index (χ0) is 19.0. The highest BCUT2D eigenvalue weighted by Crippen LogP contribution is 2.38. The predicted molar refractivity (Wildman–Crippen MR) is 103 cm³/mol. The monoisotopic (exact) mass is 372 g/mol. The molecular formula is C20H28N4O3. The molecule has 3 amide bonds. The number of para-hydroxylation sites is 2. The Bertz CT molecular complexity index is 732. The van der Waals surface area contributed by atoms with Gasteiger partial charge in [-0.1, -0.05) is 31.9 Å². The van der Waals surface area contributed by atoms with Crippen molar-refractivity contribution in [2.45, 2.75) is 38.1 Å². The van der Waals surface area contributed by atoms with Crippen LogP contribution in [0.3, 0.4) is 0 Å². The summed E-state index contributed by atoms with van der Waals surface area (Å²) in [6.45, 7) is 5.41. The molecule has 0 unspecified atom stereocenters. The molecule has 7 heteroatoms. The standard InChI is InChI=1S/C20H28N4O3/c1-15-6-4-5-9-20(15)18(26)24(19(27)21-20)14-22-10-12-23(13-11-22)16-7-2-3-8-17(16)25/h2-3,7-8,15,25H,4-6,9-14H2,1H3,(H,21,27)/t15-,20-/m1/s1. The number of anilines is 1. The van der Waals surface area contributed by atoms with Gasteiger partial charge in [0.05, 0.1) is 12.4 Å². The number of phenols is 1. The van der Waals surface area contributed by atoms with Crippen LogP contribution in [-0.4, -0.2) is 65.2 Å². The molecule has 0 bridgehead atoms. The molecular weight excluding hydrogens is 344 g/mol. The van der Waals surface area contributed by atoms with E-state index in [-0.39, 0.29) is 23.6 Å². The summed E-state index contributed by atoms with van der Waals surface area (Å²) in [4.78, 5) is 31.3. The number of hydrogen-bond donors (Lipinski definition) is 2. The Morgan fingerprint density at radius 1 is 1.15 bits per heavy atom. The second-order valence-electron chi connectivity index (χ2n) is 8.02. The molecule has 7 nitrogen and oxygen atoms in total. The second kappa shape index (κ2) is 7.03. The zero-order valence-electron chi connectivity index (χ0n) is 15.9. The summed E-state index contributed by atoms with van der Waals surface area (Å²) in [6.07, 6.45) is 3.85. The summed E-state index contributed by atoms with van der Waals surface area (Å²) in [6, 6.07) is 7.09. The Morgan fingerprint density at radius 2 is 1.89 bits per heavy atom. The Kier molecular flexibility index (Phi) is 4.72. The maximum Gasteiger partial charge on any atom is 0.326 e. The Hall–Kier alpha value is -2.28. The zero-order valence-corrected chi connectivity index (χ0v) is 15.9. The lowest BCUT2D eigenvalue weighted by Crippen LogP contribution is -2.55. The maximum absolute atomic E-state index is 13.1. The quantitative estimate of drug-likeness (QED) is 0.794. The van der Waals surface area contributed by atoms with Crippen LogP contribution in [0.2, 0.25) is 0 Å². The largest absolute Gasteiger partial charge is 0.506 e. The lowest BCUT2D eigenvalue weighted by molar-refractivity contribution is -0.135. The third-order valence-corrected chi connectivity index (χ3v) is 6.44. The van der Waals surface area contributed by atoms with Crippen LogP contribution in [0.1, 0.15) is 32.6 Å². The van der Waals surface area contributed by atoms with Gasteiger partial charge in [-0.15, -0.1) is 0 Å². The van der Waals surface area contributed by atoms with Crippen LogP contribution >= 0.6 is 0 Å². The van der Waals surface area contributed by atoms with Crippen molar-refractivity contribution in [2.75, 3.05) is 37.7 Å². The van der Waals surface area contributed by atoms with E-state index in [1.165, 1.54) is 4.90 Å². The van der Waals surface area contributed by atoms with Crippen molar-refractivity contribution in [1.29, 1.82) is 0 Å². The Morgan fingerprint density at radius 3 is 2.59 bits per heavy atom. The highest BCUT2D eigenvalue weighted by atomic mass is 16.3. The van der Waals surface area contributed by atoms with E-state index in [0.29, 0.717) is 6.67 Å². The van der Waals surface area contributed by atoms with Gasteiger partial charge in [-0.2, -0.15) is 0 Å². The van der Waals surface area contributed by atoms with Crippen LogP contribution in [0.4, 0.5) is 10.5 Å². The number of phenolic OH excluding ortho intramolecular Hbond substituents is 1. The molecule has 2 saturated heterocycles. The topological polar surface area (TPSA) is 76.1 Å². The van der Waals surface area contributed by atoms with E-state index in [1.807, 2.05) is 18.2 Å². The van der Waals surface area contributed by atoms with Gasteiger partial charge in [0.25, 0.3) is 5.91 Å². The summed E-state index contributed by atoms with van der Waals surface area (Å²) >= 11 is 0. The molecule has 2 atom stereocenters. The smallest absolute Gasteiger partial charge is 0.326 e. The van der Waals surface area contributed by atoms with E-state index in [4.69, 9.17) is 0 Å². The van der Waals surface area contributed by atoms with E-state index in [2.05, 4.69) is 22.0 Å². The number of urea groups is 1. The van der Waals surface area contributed by atoms with Crippen molar-refractivity contribution in [2.24, 2.45) is 5.92 Å². The van der Waals surface area contributed by atoms with Gasteiger partial charge in [-0.05, 0) is 30.9 Å². The van der Waals surface area contributed by atoms with Gasteiger partial charge >= 0.3 is 6.03 Å². The fourth-order valence-corrected chi connectivity index (χ4v) is 4.69. The average molecular weight is 372 g/mol. The summed E-state index contributed by atoms with van der Waals surface area (Å²) in [5, 5.41) is 13.1. The number of nitrogens with zero attached hydrogens (tertiary/aromatic N) is 3. The molecule has 4 rings (SSSR count). The first-order chi connectivity index (χ1) is 13.0. The molecule has 1 aliphatic carbocycles. The van der Waals surface area contributed by atoms with Gasteiger partial charge in [0, 0.05) is 26.2 Å². The van der Waals surface area contributed by atoms with Crippen LogP contribution in [-0.2, 0) is 4.79 Å². The highest BCUT2D eigenvalue weighted by Gasteiger charge is 2.55. The molecule has 3 fully saturated rings. The first-order valence-corrected chi connectivity index (χ1v) is 9.91. The van der Waals surface area contributed by atoms with Crippen molar-refractivity contribution in [3.63, 3.8) is 0 Å². The Balaban J connectivity index is 1.38. The fraction of sp³-hybridized carbons (Fsp3) is 0.600. The molecule has 27 heavy (non-hydrogen) atoms. The van der Waals surface area contributed by atoms with E-state index in [0.717, 1.165) is 57.5 Å². The van der Waals surface area contributed by atoms with E-state index < -0.39 is 5.54 Å². The van der Waals surface area contributed by atoms with Crippen molar-refractivity contribution in [1.82, 2.24) is 15.1 Å². The molecule has 0 radical (unpaired) electrons. The number of benzene rings is 1. The number of hydrogen-bond acceptors (Lipinski definition) is 5. The summed E-state index contributed by atoms with van der Waals surface area (Å²) in [5.74, 6) is 0.418. The van der Waals surface area contributed by atoms with Gasteiger partial charge in [-0.25, -0.2) is 9.69 Å². The SMILES string of the molecule is C[C@@H]1CCCC[C@@]12NC(=O)N(CN1CCN(c3ccccc3O)CC1)C2=O. The first-order valence-electron chi connectivity index (χ1n) is 9.91. The van der Waals surface area contributed by atoms with Crippen LogP contribution in [0.25, 0.3) is 0 Å². The molecule has 2 N–H and O–H groups in total. The maximum atomic E-state index is 13.1. The first kappa shape index (κ1) is 18.1. The fourth-order valence-electron chi connectivity index (χ4n) is 4.69. The number of carbonyl (C=O) groups is 2. The molecule has 1 spiro atoms. The van der Waals surface area contributed by atoms with Gasteiger partial charge in [0.15, 0.2) is 0 Å². The number of imide groups is 1. The van der Waals surface area contributed by atoms with E-state index in [9.17, 15) is 14.7 Å². The van der Waals surface area contributed by atoms with Crippen LogP contribution in [0.15, 0.2) is 24.3 Å². The molecule has 1 aromatic carbocycles. The summed E-state index contributed by atoms with van der Waals surface area (Å²) in [5.41, 5.74) is 0.148. The molecule has 146 valence electrons. The molecule has 1 saturated carbocycles. The molecule has 2 heterocycles. The van der Waals surface area contributed by atoms with Gasteiger partial charge in [-0.3, -0.25) is 9.69 Å². The number of amides is 3. The van der Waals surface area contributed by atoms with E-state index >= 15 is 0 Å². The Labute approximate surface area is 159 Å². The van der Waals surface area contributed by atoms with Gasteiger partial charge in [0.1, 0.15) is 11.3 Å². The van der Waals surface area contributed by atoms with Crippen LogP contribution < -0.4 is 10.2 Å². The highest BCUT2D eigenvalue weighted by molar-refractivity contribution is 6.07. The van der Waals surface area contributed by atoms with Crippen molar-refractivity contribution in [3.8, 4) is 5.75 Å². The summed E-state index contributed by atoms with van der Waals surface area (Å²) < 4.78 is 0. The predicted octanol–water partition coefficient (Wildman–Crippen LogP) is 1.97.